The minimum Gasteiger partial charge on any atom is -0.0610 e. The van der Waals surface area contributed by atoms with Crippen LogP contribution in [0.3, 0.4) is 0 Å². The highest BCUT2D eigenvalue weighted by atomic mass is 32.2. The number of hydrogen-bond acceptors (Lipinski definition) is 2. The molecule has 0 aliphatic carbocycles. The van der Waals surface area contributed by atoms with Crippen LogP contribution in [0.4, 0.5) is 0 Å². The van der Waals surface area contributed by atoms with Gasteiger partial charge in [-0.1, -0.05) is 121 Å². The van der Waals surface area contributed by atoms with Crippen LogP contribution < -0.4 is 0 Å². The molecule has 2 heterocycles. The number of aryl methyl sites for hydroxylation is 2. The van der Waals surface area contributed by atoms with Crippen molar-refractivity contribution in [1.29, 1.82) is 0 Å². The Bertz CT molecular complexity index is 1630. The summed E-state index contributed by atoms with van der Waals surface area (Å²) in [5.74, 6) is 3.01. The molecule has 5 rings (SSSR count). The maximum atomic E-state index is 2.52. The second-order valence-electron chi connectivity index (χ2n) is 15.0. The average molecular weight is 689 g/mol. The van der Waals surface area contributed by atoms with Crippen molar-refractivity contribution >= 4 is 64.1 Å². The fraction of sp³-hybridized carbons (Fsp3) is 0.524. The highest BCUT2D eigenvalue weighted by Gasteiger charge is 2.36. The molecule has 0 saturated carbocycles. The van der Waals surface area contributed by atoms with Gasteiger partial charge >= 0.3 is 0 Å². The fourth-order valence-electron chi connectivity index (χ4n) is 6.83. The molecule has 4 heteroatoms. The fourth-order valence-corrected chi connectivity index (χ4v) is 13.2. The molecule has 246 valence electrons. The van der Waals surface area contributed by atoms with Gasteiger partial charge < -0.3 is 0 Å². The highest BCUT2D eigenvalue weighted by molar-refractivity contribution is 7.46. The number of hydrogen-bond donors (Lipinski definition) is 0. The molecular weight excluding hydrogens is 633 g/mol. The topological polar surface area (TPSA) is 0 Å². The zero-order valence-corrected chi connectivity index (χ0v) is 34.1. The summed E-state index contributed by atoms with van der Waals surface area (Å²) in [5.41, 5.74) is 15.2. The first-order valence-electron chi connectivity index (χ1n) is 17.7. The molecule has 0 aliphatic heterocycles. The zero-order valence-electron chi connectivity index (χ0n) is 30.8. The minimum absolute atomic E-state index is 0.487. The third-order valence-electron chi connectivity index (χ3n) is 9.67. The van der Waals surface area contributed by atoms with Gasteiger partial charge in [-0.2, -0.15) is 0 Å². The number of rotatable bonds is 10. The monoisotopic (exact) mass is 688 g/mol. The summed E-state index contributed by atoms with van der Waals surface area (Å²) in [5, 5.41) is 0. The quantitative estimate of drug-likeness (QED) is 0.128. The van der Waals surface area contributed by atoms with Gasteiger partial charge in [-0.3, -0.25) is 0 Å². The van der Waals surface area contributed by atoms with Crippen LogP contribution in [0.1, 0.15) is 177 Å². The first kappa shape index (κ1) is 35.6. The van der Waals surface area contributed by atoms with E-state index in [4.69, 9.17) is 0 Å². The van der Waals surface area contributed by atoms with Crippen molar-refractivity contribution in [3.8, 4) is 19.5 Å². The summed E-state index contributed by atoms with van der Waals surface area (Å²) >= 11 is 8.32. The molecule has 46 heavy (non-hydrogen) atoms. The van der Waals surface area contributed by atoms with E-state index in [2.05, 4.69) is 167 Å². The van der Waals surface area contributed by atoms with Gasteiger partial charge in [0.25, 0.3) is 8.38 Å². The molecule has 0 nitrogen and oxygen atoms in total. The lowest BCUT2D eigenvalue weighted by Crippen LogP contribution is -2.02. The second-order valence-corrected chi connectivity index (χ2v) is 19.6. The summed E-state index contributed by atoms with van der Waals surface area (Å²) in [7, 11) is 0. The standard InChI is InChI=1S/C42H56S4/c1-15-29-37-39(45-41(43-37)35-31(23(7)8)17-27(21(3)4)18-32(35)24(9)10)30(16-2)40-38(29)44-42(46-40)36-33(25(11)12)19-28(22(5)6)20-34(36)26(13)14/h17-26H,15-16H2,1-14H3/q+2. The van der Waals surface area contributed by atoms with Gasteiger partial charge in [-0.25, -0.2) is 0 Å². The Kier molecular flexibility index (Phi) is 10.8. The lowest BCUT2D eigenvalue weighted by molar-refractivity contribution is 0.808. The molecule has 0 atom stereocenters. The third-order valence-corrected chi connectivity index (χ3v) is 15.1. The Balaban J connectivity index is 1.83. The zero-order chi connectivity index (χ0) is 33.8. The molecular formula is C42H56S4+2. The Morgan fingerprint density at radius 3 is 1.00 bits per heavy atom. The highest BCUT2D eigenvalue weighted by Crippen LogP contribution is 2.54. The lowest BCUT2D eigenvalue weighted by atomic mass is 9.85. The third kappa shape index (κ3) is 6.38. The SMILES string of the molecule is CCc1c2sc(-c3c(C(C)C)cc(C(C)C)cc3C(C)C)[s+]c2c(CC)c2[s+]c(-c3c(C(C)C)cc(C(C)C)cc3C(C)C)sc12. The van der Waals surface area contributed by atoms with Crippen LogP contribution in [0, 0.1) is 0 Å². The van der Waals surface area contributed by atoms with Gasteiger partial charge in [0.1, 0.15) is 0 Å². The normalized spacial score (nSPS) is 12.6. The van der Waals surface area contributed by atoms with E-state index in [0.29, 0.717) is 35.5 Å². The maximum Gasteiger partial charge on any atom is 0.286 e. The first-order valence-corrected chi connectivity index (χ1v) is 21.0. The van der Waals surface area contributed by atoms with E-state index in [1.165, 1.54) is 71.7 Å². The van der Waals surface area contributed by atoms with E-state index >= 15 is 0 Å². The van der Waals surface area contributed by atoms with E-state index in [1.54, 1.807) is 11.1 Å². The Morgan fingerprint density at radius 1 is 0.457 bits per heavy atom. The van der Waals surface area contributed by atoms with E-state index in [1.807, 2.05) is 0 Å². The Labute approximate surface area is 296 Å². The smallest absolute Gasteiger partial charge is 0.0610 e. The van der Waals surface area contributed by atoms with Gasteiger partial charge in [0, 0.05) is 11.1 Å². The van der Waals surface area contributed by atoms with Crippen molar-refractivity contribution in [2.24, 2.45) is 0 Å². The largest absolute Gasteiger partial charge is 0.286 e. The molecule has 0 amide bonds. The summed E-state index contributed by atoms with van der Waals surface area (Å²) in [6, 6.07) is 10.1. The molecule has 0 fully saturated rings. The number of fused-ring (bicyclic) bond motifs is 2. The lowest BCUT2D eigenvalue weighted by Gasteiger charge is -2.20. The van der Waals surface area contributed by atoms with Crippen LogP contribution >= 0.6 is 45.3 Å². The molecule has 0 saturated heterocycles. The van der Waals surface area contributed by atoms with E-state index in [0.717, 1.165) is 12.8 Å². The average Bonchev–Trinajstić information content (AvgIpc) is 3.63. The van der Waals surface area contributed by atoms with Crippen molar-refractivity contribution in [2.45, 2.75) is 145 Å². The molecule has 0 aliphatic rings. The second kappa shape index (κ2) is 14.0. The van der Waals surface area contributed by atoms with Gasteiger partial charge in [0.2, 0.25) is 0 Å². The summed E-state index contributed by atoms with van der Waals surface area (Å²) in [4.78, 5) is 0. The molecule has 2 aromatic heterocycles. The van der Waals surface area contributed by atoms with E-state index < -0.39 is 0 Å². The first-order chi connectivity index (χ1) is 21.7. The summed E-state index contributed by atoms with van der Waals surface area (Å²) < 4.78 is 9.14. The van der Waals surface area contributed by atoms with Crippen LogP contribution in [0.15, 0.2) is 24.3 Å². The van der Waals surface area contributed by atoms with Crippen molar-refractivity contribution < 1.29 is 0 Å². The van der Waals surface area contributed by atoms with Crippen molar-refractivity contribution in [3.05, 3.63) is 68.8 Å². The molecule has 0 bridgehead atoms. The van der Waals surface area contributed by atoms with Crippen LogP contribution in [0.5, 0.6) is 0 Å². The molecule has 0 spiro atoms. The van der Waals surface area contributed by atoms with Crippen LogP contribution in [0.2, 0.25) is 0 Å². The van der Waals surface area contributed by atoms with E-state index in [-0.39, 0.29) is 0 Å². The van der Waals surface area contributed by atoms with Crippen molar-refractivity contribution in [1.82, 2.24) is 0 Å². The summed E-state index contributed by atoms with van der Waals surface area (Å²) in [6.07, 6.45) is 2.13. The molecule has 3 aromatic carbocycles. The summed E-state index contributed by atoms with van der Waals surface area (Å²) in [6.45, 7) is 33.1. The van der Waals surface area contributed by atoms with E-state index in [9.17, 15) is 0 Å². The van der Waals surface area contributed by atoms with Gasteiger partial charge in [0.15, 0.2) is 18.8 Å². The predicted octanol–water partition coefficient (Wildman–Crippen LogP) is 16.0. The van der Waals surface area contributed by atoms with Crippen molar-refractivity contribution in [2.75, 3.05) is 0 Å². The minimum atomic E-state index is 0.487. The molecule has 5 aromatic rings. The van der Waals surface area contributed by atoms with Gasteiger partial charge in [-0.05, 0) is 81.7 Å². The van der Waals surface area contributed by atoms with Crippen molar-refractivity contribution in [3.63, 3.8) is 0 Å². The Hall–Kier alpha value is -1.72. The number of benzene rings is 3. The Morgan fingerprint density at radius 2 is 0.761 bits per heavy atom. The van der Waals surface area contributed by atoms with Gasteiger partial charge in [0.05, 0.1) is 56.5 Å². The van der Waals surface area contributed by atoms with Crippen LogP contribution in [-0.4, -0.2) is 0 Å². The maximum absolute atomic E-state index is 2.52. The van der Waals surface area contributed by atoms with Crippen LogP contribution in [0.25, 0.3) is 38.3 Å². The predicted molar refractivity (Wildman–Crippen MR) is 216 cm³/mol. The van der Waals surface area contributed by atoms with Crippen LogP contribution in [-0.2, 0) is 12.8 Å². The molecule has 0 radical (unpaired) electrons. The molecule has 0 N–H and O–H groups in total. The van der Waals surface area contributed by atoms with Gasteiger partial charge in [-0.15, -0.1) is 0 Å². The molecule has 0 unspecified atom stereocenters.